The van der Waals surface area contributed by atoms with E-state index in [0.717, 1.165) is 66.4 Å². The number of aromatic amines is 1. The summed E-state index contributed by atoms with van der Waals surface area (Å²) < 4.78 is 10.7. The molecule has 0 unspecified atom stereocenters. The van der Waals surface area contributed by atoms with Crippen molar-refractivity contribution in [2.75, 3.05) is 0 Å². The second-order valence-corrected chi connectivity index (χ2v) is 12.1. The fraction of sp³-hybridized carbons (Fsp3) is 0.464. The number of halogens is 2. The predicted octanol–water partition coefficient (Wildman–Crippen LogP) is 7.89. The number of nitrogens with zero attached hydrogens (tertiary/aromatic N) is 3. The molecule has 0 radical (unpaired) electrons. The standard InChI is InChI=1S/C28H32ClIN4O2/c1-26(2,3)36-25(35)34(18-19-7-5-4-6-8-19)28-13-10-27(11-14-28,12-15-28)23(33-30)22-20-9-16-31-24(20)32-17-21(22)29/h4-9,16-17H,10-15,18H2,1-3H3,(H,31,32). The molecule has 2 heterocycles. The number of aromatic nitrogens is 2. The van der Waals surface area contributed by atoms with Gasteiger partial charge in [0.05, 0.1) is 33.6 Å². The molecule has 8 heteroatoms. The summed E-state index contributed by atoms with van der Waals surface area (Å²) in [6, 6.07) is 12.2. The van der Waals surface area contributed by atoms with Crippen LogP contribution in [0, 0.1) is 5.41 Å². The first kappa shape index (κ1) is 25.5. The minimum absolute atomic E-state index is 0.0650. The second-order valence-electron chi connectivity index (χ2n) is 11.2. The summed E-state index contributed by atoms with van der Waals surface area (Å²) in [6.07, 6.45) is 8.97. The molecule has 1 N–H and O–H groups in total. The number of pyridine rings is 1. The largest absolute Gasteiger partial charge is 0.444 e. The number of nitrogens with one attached hydrogen (secondary N) is 1. The Morgan fingerprint density at radius 1 is 1.14 bits per heavy atom. The molecule has 3 aliphatic rings. The van der Waals surface area contributed by atoms with Gasteiger partial charge in [-0.2, -0.15) is 0 Å². The van der Waals surface area contributed by atoms with Crippen LogP contribution in [0.3, 0.4) is 0 Å². The van der Waals surface area contributed by atoms with Crippen molar-refractivity contribution >= 4 is 57.3 Å². The molecular formula is C28H32ClIN4O2. The van der Waals surface area contributed by atoms with Gasteiger partial charge in [-0.3, -0.25) is 4.90 Å². The zero-order valence-corrected chi connectivity index (χ0v) is 23.9. The van der Waals surface area contributed by atoms with Crippen LogP contribution in [0.2, 0.25) is 5.02 Å². The van der Waals surface area contributed by atoms with Gasteiger partial charge in [0, 0.05) is 40.8 Å². The molecule has 3 aromatic rings. The Balaban J connectivity index is 1.46. The third-order valence-electron chi connectivity index (χ3n) is 7.94. The van der Waals surface area contributed by atoms with Crippen molar-refractivity contribution < 1.29 is 9.53 Å². The number of amides is 1. The van der Waals surface area contributed by atoms with Crippen LogP contribution in [-0.4, -0.2) is 37.8 Å². The number of benzene rings is 1. The van der Waals surface area contributed by atoms with Gasteiger partial charge in [0.2, 0.25) is 0 Å². The lowest BCUT2D eigenvalue weighted by atomic mass is 9.54. The van der Waals surface area contributed by atoms with Crippen molar-refractivity contribution in [1.82, 2.24) is 14.9 Å². The molecule has 3 saturated carbocycles. The van der Waals surface area contributed by atoms with Crippen molar-refractivity contribution in [1.29, 1.82) is 0 Å². The Labute approximate surface area is 231 Å². The van der Waals surface area contributed by atoms with E-state index in [4.69, 9.17) is 19.5 Å². The zero-order chi connectivity index (χ0) is 25.6. The summed E-state index contributed by atoms with van der Waals surface area (Å²) in [4.78, 5) is 23.2. The minimum atomic E-state index is -0.545. The normalized spacial score (nSPS) is 24.2. The summed E-state index contributed by atoms with van der Waals surface area (Å²) in [5.74, 6) is 0. The van der Waals surface area contributed by atoms with Gasteiger partial charge in [-0.15, -0.1) is 0 Å². The highest BCUT2D eigenvalue weighted by Gasteiger charge is 2.55. The highest BCUT2D eigenvalue weighted by Crippen LogP contribution is 2.57. The van der Waals surface area contributed by atoms with Gasteiger partial charge in [0.15, 0.2) is 0 Å². The molecule has 6 nitrogen and oxygen atoms in total. The van der Waals surface area contributed by atoms with E-state index in [1.54, 1.807) is 6.20 Å². The van der Waals surface area contributed by atoms with Crippen LogP contribution in [0.15, 0.2) is 52.0 Å². The number of hydrogen-bond acceptors (Lipinski definition) is 4. The van der Waals surface area contributed by atoms with Gasteiger partial charge in [-0.1, -0.05) is 41.9 Å². The maximum Gasteiger partial charge on any atom is 0.411 e. The van der Waals surface area contributed by atoms with E-state index in [-0.39, 0.29) is 17.0 Å². The van der Waals surface area contributed by atoms with Crippen LogP contribution in [-0.2, 0) is 11.3 Å². The van der Waals surface area contributed by atoms with Gasteiger partial charge in [-0.05, 0) is 70.9 Å². The number of hydrogen-bond donors (Lipinski definition) is 1. The fourth-order valence-corrected chi connectivity index (χ4v) is 7.05. The van der Waals surface area contributed by atoms with Gasteiger partial charge < -0.3 is 9.72 Å². The molecule has 0 spiro atoms. The third-order valence-corrected chi connectivity index (χ3v) is 8.71. The zero-order valence-electron chi connectivity index (χ0n) is 21.0. The molecule has 2 aromatic heterocycles. The number of rotatable bonds is 5. The first-order valence-corrected chi connectivity index (χ1v) is 13.9. The Bertz CT molecular complexity index is 1270. The topological polar surface area (TPSA) is 70.6 Å². The molecule has 0 aliphatic heterocycles. The van der Waals surface area contributed by atoms with E-state index in [1.807, 2.05) is 56.1 Å². The molecule has 3 aliphatic carbocycles. The minimum Gasteiger partial charge on any atom is -0.444 e. The van der Waals surface area contributed by atoms with E-state index in [0.29, 0.717) is 11.6 Å². The Hall–Kier alpha value is -2.13. The van der Waals surface area contributed by atoms with E-state index in [1.165, 1.54) is 0 Å². The van der Waals surface area contributed by atoms with Gasteiger partial charge >= 0.3 is 6.09 Å². The first-order chi connectivity index (χ1) is 17.2. The smallest absolute Gasteiger partial charge is 0.411 e. The van der Waals surface area contributed by atoms with Crippen molar-refractivity contribution in [2.24, 2.45) is 8.62 Å². The quantitative estimate of drug-likeness (QED) is 0.234. The maximum atomic E-state index is 13.5. The highest BCUT2D eigenvalue weighted by molar-refractivity contribution is 14.1. The first-order valence-electron chi connectivity index (χ1n) is 12.5. The molecule has 2 bridgehead atoms. The van der Waals surface area contributed by atoms with Crippen LogP contribution >= 0.6 is 34.5 Å². The average molecular weight is 619 g/mol. The van der Waals surface area contributed by atoms with Gasteiger partial charge in [-0.25, -0.2) is 13.0 Å². The molecule has 1 aromatic carbocycles. The van der Waals surface area contributed by atoms with Crippen LogP contribution in [0.4, 0.5) is 4.79 Å². The molecule has 3 fully saturated rings. The van der Waals surface area contributed by atoms with Crippen molar-refractivity contribution in [3.05, 3.63) is 64.9 Å². The van der Waals surface area contributed by atoms with Crippen LogP contribution in [0.1, 0.15) is 70.4 Å². The molecule has 36 heavy (non-hydrogen) atoms. The Morgan fingerprint density at radius 2 is 1.81 bits per heavy atom. The number of fused-ring (bicyclic) bond motifs is 4. The predicted molar refractivity (Wildman–Crippen MR) is 153 cm³/mol. The van der Waals surface area contributed by atoms with Crippen LogP contribution < -0.4 is 0 Å². The van der Waals surface area contributed by atoms with Crippen molar-refractivity contribution in [3.63, 3.8) is 0 Å². The fourth-order valence-electron chi connectivity index (χ4n) is 6.06. The summed E-state index contributed by atoms with van der Waals surface area (Å²) in [7, 11) is 0. The monoisotopic (exact) mass is 618 g/mol. The number of ether oxygens (including phenoxy) is 1. The van der Waals surface area contributed by atoms with E-state index < -0.39 is 5.60 Å². The van der Waals surface area contributed by atoms with Gasteiger partial charge in [0.1, 0.15) is 11.2 Å². The summed E-state index contributed by atoms with van der Waals surface area (Å²) >= 11 is 8.85. The average Bonchev–Trinajstić information content (AvgIpc) is 3.34. The van der Waals surface area contributed by atoms with E-state index in [9.17, 15) is 4.79 Å². The van der Waals surface area contributed by atoms with Crippen LogP contribution in [0.5, 0.6) is 0 Å². The SMILES string of the molecule is CC(C)(C)OC(=O)N(Cc1ccccc1)C12CCC(C(=NI)c3c(Cl)cnc4[nH]ccc34)(CC1)CC2. The highest BCUT2D eigenvalue weighted by atomic mass is 127. The number of H-pyrrole nitrogens is 1. The number of carbonyl (C=O) groups is 1. The summed E-state index contributed by atoms with van der Waals surface area (Å²) in [5.41, 5.74) is 3.15. The van der Waals surface area contributed by atoms with Crippen LogP contribution in [0.25, 0.3) is 11.0 Å². The molecule has 1 amide bonds. The van der Waals surface area contributed by atoms with E-state index >= 15 is 0 Å². The van der Waals surface area contributed by atoms with Crippen molar-refractivity contribution in [3.8, 4) is 0 Å². The van der Waals surface area contributed by atoms with Crippen molar-refractivity contribution in [2.45, 2.75) is 77.0 Å². The lowest BCUT2D eigenvalue weighted by Crippen LogP contribution is -2.60. The third kappa shape index (κ3) is 4.64. The number of carbonyl (C=O) groups excluding carboxylic acids is 1. The molecule has 0 saturated heterocycles. The lowest BCUT2D eigenvalue weighted by Gasteiger charge is -2.57. The molecular weight excluding hydrogens is 587 g/mol. The summed E-state index contributed by atoms with van der Waals surface area (Å²) in [6.45, 7) is 6.34. The Morgan fingerprint density at radius 3 is 2.42 bits per heavy atom. The molecule has 190 valence electrons. The Kier molecular flexibility index (Phi) is 6.83. The molecule has 6 rings (SSSR count). The van der Waals surface area contributed by atoms with Gasteiger partial charge in [0.25, 0.3) is 0 Å². The maximum absolute atomic E-state index is 13.5. The van der Waals surface area contributed by atoms with E-state index in [2.05, 4.69) is 45.0 Å². The second kappa shape index (κ2) is 9.63. The lowest BCUT2D eigenvalue weighted by molar-refractivity contribution is -0.0511. The molecule has 0 atom stereocenters. The summed E-state index contributed by atoms with van der Waals surface area (Å²) in [5, 5.41) is 1.64.